The summed E-state index contributed by atoms with van der Waals surface area (Å²) >= 11 is 0. The second kappa shape index (κ2) is 7.97. The molecule has 1 aliphatic heterocycles. The number of nitro groups is 1. The number of hydrogen-bond donors (Lipinski definition) is 2. The second-order valence-corrected chi connectivity index (χ2v) is 6.47. The molecule has 1 aliphatic rings. The van der Waals surface area contributed by atoms with Crippen LogP contribution in [0.25, 0.3) is 0 Å². The Labute approximate surface area is 151 Å². The molecule has 0 aromatic heterocycles. The largest absolute Gasteiger partial charge is 0.478 e. The maximum atomic E-state index is 11.3. The highest BCUT2D eigenvalue weighted by Gasteiger charge is 2.23. The smallest absolute Gasteiger partial charge is 0.335 e. The summed E-state index contributed by atoms with van der Waals surface area (Å²) in [7, 11) is 0. The van der Waals surface area contributed by atoms with Crippen molar-refractivity contribution in [3.8, 4) is 0 Å². The lowest BCUT2D eigenvalue weighted by molar-refractivity contribution is -0.384. The van der Waals surface area contributed by atoms with Crippen molar-refractivity contribution < 1.29 is 14.8 Å². The SMILES string of the molecule is O=C(O)c1ccc(NC2CCN(Cc3ccccc3)CC2)c([N+](=O)[O-])c1. The fourth-order valence-electron chi connectivity index (χ4n) is 3.23. The van der Waals surface area contributed by atoms with Crippen molar-refractivity contribution in [2.24, 2.45) is 0 Å². The topological polar surface area (TPSA) is 95.7 Å². The van der Waals surface area contributed by atoms with Gasteiger partial charge in [0.15, 0.2) is 0 Å². The van der Waals surface area contributed by atoms with Gasteiger partial charge in [0, 0.05) is 31.7 Å². The predicted octanol–water partition coefficient (Wildman–Crippen LogP) is 3.37. The summed E-state index contributed by atoms with van der Waals surface area (Å²) in [5, 5.41) is 23.5. The number of nitrogens with zero attached hydrogens (tertiary/aromatic N) is 2. The van der Waals surface area contributed by atoms with Crippen molar-refractivity contribution in [2.45, 2.75) is 25.4 Å². The highest BCUT2D eigenvalue weighted by molar-refractivity contribution is 5.89. The van der Waals surface area contributed by atoms with Gasteiger partial charge in [-0.2, -0.15) is 0 Å². The summed E-state index contributed by atoms with van der Waals surface area (Å²) in [6.45, 7) is 2.72. The monoisotopic (exact) mass is 355 g/mol. The number of likely N-dealkylation sites (tertiary alicyclic amines) is 1. The fraction of sp³-hybridized carbons (Fsp3) is 0.316. The van der Waals surface area contributed by atoms with Crippen LogP contribution in [0.3, 0.4) is 0 Å². The van der Waals surface area contributed by atoms with Crippen LogP contribution in [0.4, 0.5) is 11.4 Å². The summed E-state index contributed by atoms with van der Waals surface area (Å²) in [6, 6.07) is 14.4. The maximum absolute atomic E-state index is 11.3. The van der Waals surface area contributed by atoms with Crippen LogP contribution in [-0.2, 0) is 6.54 Å². The standard InChI is InChI=1S/C19H21N3O4/c23-19(24)15-6-7-17(18(12-15)22(25)26)20-16-8-10-21(11-9-16)13-14-4-2-1-3-5-14/h1-7,12,16,20H,8-11,13H2,(H,23,24). The Morgan fingerprint density at radius 3 is 2.50 bits per heavy atom. The molecule has 0 unspecified atom stereocenters. The molecule has 0 radical (unpaired) electrons. The zero-order valence-corrected chi connectivity index (χ0v) is 14.3. The Bertz CT molecular complexity index is 787. The first-order chi connectivity index (χ1) is 12.5. The van der Waals surface area contributed by atoms with E-state index in [1.54, 1.807) is 0 Å². The van der Waals surface area contributed by atoms with Crippen LogP contribution in [0, 0.1) is 10.1 Å². The molecule has 2 N–H and O–H groups in total. The molecule has 136 valence electrons. The van der Waals surface area contributed by atoms with E-state index in [1.807, 2.05) is 18.2 Å². The van der Waals surface area contributed by atoms with Crippen LogP contribution in [0.15, 0.2) is 48.5 Å². The summed E-state index contributed by atoms with van der Waals surface area (Å²) in [6.07, 6.45) is 1.76. The number of benzene rings is 2. The number of carboxylic acids is 1. The molecule has 0 bridgehead atoms. The third-order valence-electron chi connectivity index (χ3n) is 4.64. The van der Waals surface area contributed by atoms with Crippen LogP contribution in [0.1, 0.15) is 28.8 Å². The maximum Gasteiger partial charge on any atom is 0.335 e. The van der Waals surface area contributed by atoms with Gasteiger partial charge < -0.3 is 10.4 Å². The molecule has 1 fully saturated rings. The minimum atomic E-state index is -1.17. The molecule has 0 spiro atoms. The van der Waals surface area contributed by atoms with E-state index in [1.165, 1.54) is 17.7 Å². The highest BCUT2D eigenvalue weighted by atomic mass is 16.6. The average Bonchev–Trinajstić information content (AvgIpc) is 2.64. The Balaban J connectivity index is 1.61. The van der Waals surface area contributed by atoms with Crippen molar-refractivity contribution in [3.63, 3.8) is 0 Å². The summed E-state index contributed by atoms with van der Waals surface area (Å²) in [4.78, 5) is 24.1. The van der Waals surface area contributed by atoms with Gasteiger partial charge in [-0.1, -0.05) is 30.3 Å². The number of rotatable bonds is 6. The lowest BCUT2D eigenvalue weighted by Crippen LogP contribution is -2.38. The molecule has 1 heterocycles. The van der Waals surface area contributed by atoms with Crippen molar-refractivity contribution in [3.05, 3.63) is 69.8 Å². The first kappa shape index (κ1) is 17.9. The molecule has 7 heteroatoms. The number of carboxylic acid groups (broad SMARTS) is 1. The van der Waals surface area contributed by atoms with Gasteiger partial charge in [-0.3, -0.25) is 15.0 Å². The lowest BCUT2D eigenvalue weighted by atomic mass is 10.0. The molecule has 1 saturated heterocycles. The Hall–Kier alpha value is -2.93. The summed E-state index contributed by atoms with van der Waals surface area (Å²) in [5.41, 5.74) is 1.37. The molecule has 3 rings (SSSR count). The molecule has 7 nitrogen and oxygen atoms in total. The van der Waals surface area contributed by atoms with Gasteiger partial charge in [0.1, 0.15) is 5.69 Å². The second-order valence-electron chi connectivity index (χ2n) is 6.47. The Morgan fingerprint density at radius 2 is 1.88 bits per heavy atom. The van der Waals surface area contributed by atoms with Gasteiger partial charge in [-0.15, -0.1) is 0 Å². The van der Waals surface area contributed by atoms with Gasteiger partial charge in [0.2, 0.25) is 0 Å². The number of nitrogens with one attached hydrogen (secondary N) is 1. The van der Waals surface area contributed by atoms with E-state index >= 15 is 0 Å². The third kappa shape index (κ3) is 4.37. The van der Waals surface area contributed by atoms with Crippen molar-refractivity contribution in [1.29, 1.82) is 0 Å². The van der Waals surface area contributed by atoms with Crippen molar-refractivity contribution in [1.82, 2.24) is 4.90 Å². The van der Waals surface area contributed by atoms with E-state index in [-0.39, 0.29) is 17.3 Å². The van der Waals surface area contributed by atoms with Gasteiger partial charge in [-0.05, 0) is 30.5 Å². The number of piperidine rings is 1. The van der Waals surface area contributed by atoms with E-state index in [0.29, 0.717) is 5.69 Å². The molecule has 0 saturated carbocycles. The fourth-order valence-corrected chi connectivity index (χ4v) is 3.23. The first-order valence-corrected chi connectivity index (χ1v) is 8.57. The number of nitro benzene ring substituents is 1. The predicted molar refractivity (Wildman–Crippen MR) is 98.4 cm³/mol. The van der Waals surface area contributed by atoms with Gasteiger partial charge in [0.25, 0.3) is 5.69 Å². The first-order valence-electron chi connectivity index (χ1n) is 8.57. The third-order valence-corrected chi connectivity index (χ3v) is 4.64. The van der Waals surface area contributed by atoms with Crippen LogP contribution >= 0.6 is 0 Å². The molecule has 0 aliphatic carbocycles. The number of aromatic carboxylic acids is 1. The van der Waals surface area contributed by atoms with Crippen LogP contribution in [-0.4, -0.2) is 40.0 Å². The lowest BCUT2D eigenvalue weighted by Gasteiger charge is -2.32. The van der Waals surface area contributed by atoms with Crippen LogP contribution in [0.5, 0.6) is 0 Å². The Morgan fingerprint density at radius 1 is 1.19 bits per heavy atom. The summed E-state index contributed by atoms with van der Waals surface area (Å²) in [5.74, 6) is -1.17. The van der Waals surface area contributed by atoms with E-state index in [0.717, 1.165) is 38.5 Å². The molecule has 0 atom stereocenters. The zero-order chi connectivity index (χ0) is 18.5. The van der Waals surface area contributed by atoms with Crippen molar-refractivity contribution in [2.75, 3.05) is 18.4 Å². The zero-order valence-electron chi connectivity index (χ0n) is 14.3. The quantitative estimate of drug-likeness (QED) is 0.609. The number of carbonyl (C=O) groups is 1. The summed E-state index contributed by atoms with van der Waals surface area (Å²) < 4.78 is 0. The van der Waals surface area contributed by atoms with Crippen molar-refractivity contribution >= 4 is 17.3 Å². The Kier molecular flexibility index (Phi) is 5.48. The molecule has 2 aromatic rings. The van der Waals surface area contributed by atoms with E-state index in [4.69, 9.17) is 5.11 Å². The van der Waals surface area contributed by atoms with E-state index in [2.05, 4.69) is 22.3 Å². The van der Waals surface area contributed by atoms with Gasteiger partial charge >= 0.3 is 5.97 Å². The number of hydrogen-bond acceptors (Lipinski definition) is 5. The highest BCUT2D eigenvalue weighted by Crippen LogP contribution is 2.28. The minimum Gasteiger partial charge on any atom is -0.478 e. The van der Waals surface area contributed by atoms with E-state index < -0.39 is 10.9 Å². The van der Waals surface area contributed by atoms with E-state index in [9.17, 15) is 14.9 Å². The van der Waals surface area contributed by atoms with Gasteiger partial charge in [-0.25, -0.2) is 4.79 Å². The average molecular weight is 355 g/mol. The molecule has 0 amide bonds. The number of anilines is 1. The van der Waals surface area contributed by atoms with Gasteiger partial charge in [0.05, 0.1) is 10.5 Å². The molecular weight excluding hydrogens is 334 g/mol. The minimum absolute atomic E-state index is 0.0834. The molecule has 26 heavy (non-hydrogen) atoms. The molecule has 2 aromatic carbocycles. The van der Waals surface area contributed by atoms with Crippen LogP contribution in [0.2, 0.25) is 0 Å². The molecular formula is C19H21N3O4. The normalized spacial score (nSPS) is 15.5. The van der Waals surface area contributed by atoms with Crippen LogP contribution < -0.4 is 5.32 Å².